The van der Waals surface area contributed by atoms with Gasteiger partial charge in [-0.15, -0.1) is 0 Å². The summed E-state index contributed by atoms with van der Waals surface area (Å²) in [6, 6.07) is 4.48. The number of hydrogen-bond donors (Lipinski definition) is 1. The molecule has 0 bridgehead atoms. The lowest BCUT2D eigenvalue weighted by Crippen LogP contribution is -2.24. The van der Waals surface area contributed by atoms with Crippen molar-refractivity contribution in [2.24, 2.45) is 0 Å². The number of carbonyl (C=O) groups excluding carboxylic acids is 1. The van der Waals surface area contributed by atoms with E-state index in [1.165, 1.54) is 27.4 Å². The van der Waals surface area contributed by atoms with E-state index in [-0.39, 0.29) is 5.91 Å². The highest BCUT2D eigenvalue weighted by molar-refractivity contribution is 6.08. The highest BCUT2D eigenvalue weighted by Crippen LogP contribution is 2.38. The summed E-state index contributed by atoms with van der Waals surface area (Å²) in [6.45, 7) is 0.693. The fourth-order valence-electron chi connectivity index (χ4n) is 1.69. The van der Waals surface area contributed by atoms with E-state index in [4.69, 9.17) is 14.2 Å². The zero-order valence-electron chi connectivity index (χ0n) is 11.9. The highest BCUT2D eigenvalue weighted by Gasteiger charge is 2.16. The van der Waals surface area contributed by atoms with E-state index in [1.54, 1.807) is 12.1 Å². The molecule has 0 unspecified atom stereocenters. The number of methoxy groups -OCH3 is 3. The van der Waals surface area contributed by atoms with Crippen LogP contribution < -0.4 is 19.5 Å². The molecule has 0 saturated heterocycles. The molecule has 1 N–H and O–H groups in total. The first-order valence-electron chi connectivity index (χ1n) is 6.26. The maximum Gasteiger partial charge on any atom is 0.251 e. The largest absolute Gasteiger partial charge is 0.493 e. The molecule has 0 aliphatic rings. The lowest BCUT2D eigenvalue weighted by molar-refractivity contribution is 0.0953. The predicted octanol–water partition coefficient (Wildman–Crippen LogP) is 0.616. The standard InChI is InChI=1S/C13H21NO4Si/c1-16-10-7-9(13(15)14-5-4-6-19)8-11(17-2)12(10)18-3/h7-8H,4-6H2,1-3,19H3,(H,14,15). The molecular formula is C13H21NO4Si. The fourth-order valence-corrected chi connectivity index (χ4v) is 2.05. The number of rotatable bonds is 7. The van der Waals surface area contributed by atoms with Crippen molar-refractivity contribution in [2.75, 3.05) is 27.9 Å². The minimum Gasteiger partial charge on any atom is -0.493 e. The second kappa shape index (κ2) is 7.68. The Kier molecular flexibility index (Phi) is 6.21. The fraction of sp³-hybridized carbons (Fsp3) is 0.462. The molecule has 0 aromatic heterocycles. The van der Waals surface area contributed by atoms with E-state index in [0.717, 1.165) is 16.7 Å². The molecule has 1 amide bonds. The van der Waals surface area contributed by atoms with Crippen molar-refractivity contribution in [3.63, 3.8) is 0 Å². The van der Waals surface area contributed by atoms with Gasteiger partial charge in [-0.05, 0) is 18.6 Å². The Morgan fingerprint density at radius 2 is 1.74 bits per heavy atom. The van der Waals surface area contributed by atoms with Gasteiger partial charge in [-0.1, -0.05) is 6.04 Å². The first kappa shape index (κ1) is 15.4. The van der Waals surface area contributed by atoms with Gasteiger partial charge >= 0.3 is 0 Å². The smallest absolute Gasteiger partial charge is 0.251 e. The van der Waals surface area contributed by atoms with Crippen molar-refractivity contribution in [3.05, 3.63) is 17.7 Å². The van der Waals surface area contributed by atoms with Gasteiger partial charge in [0.15, 0.2) is 11.5 Å². The van der Waals surface area contributed by atoms with Crippen molar-refractivity contribution in [2.45, 2.75) is 12.5 Å². The Bertz CT molecular complexity index is 412. The number of carbonyl (C=O) groups is 1. The van der Waals surface area contributed by atoms with Crippen molar-refractivity contribution in [1.29, 1.82) is 0 Å². The maximum absolute atomic E-state index is 12.0. The molecule has 0 spiro atoms. The van der Waals surface area contributed by atoms with Crippen LogP contribution in [0.3, 0.4) is 0 Å². The molecule has 0 aliphatic carbocycles. The van der Waals surface area contributed by atoms with Crippen LogP contribution >= 0.6 is 0 Å². The number of hydrogen-bond acceptors (Lipinski definition) is 4. The first-order valence-corrected chi connectivity index (χ1v) is 7.67. The van der Waals surface area contributed by atoms with Gasteiger partial charge in [0.2, 0.25) is 5.75 Å². The molecule has 0 fully saturated rings. The van der Waals surface area contributed by atoms with E-state index in [9.17, 15) is 4.79 Å². The van der Waals surface area contributed by atoms with Gasteiger partial charge in [-0.3, -0.25) is 4.79 Å². The monoisotopic (exact) mass is 283 g/mol. The van der Waals surface area contributed by atoms with E-state index < -0.39 is 0 Å². The second-order valence-electron chi connectivity index (χ2n) is 4.02. The molecule has 0 aliphatic heterocycles. The first-order chi connectivity index (χ1) is 9.17. The van der Waals surface area contributed by atoms with Gasteiger partial charge in [0.05, 0.1) is 21.3 Å². The third-order valence-electron chi connectivity index (χ3n) is 2.74. The van der Waals surface area contributed by atoms with Crippen LogP contribution in [0.5, 0.6) is 17.2 Å². The normalized spacial score (nSPS) is 10.1. The predicted molar refractivity (Wildman–Crippen MR) is 77.8 cm³/mol. The quantitative estimate of drug-likeness (QED) is 0.588. The van der Waals surface area contributed by atoms with Gasteiger partial charge in [0, 0.05) is 22.4 Å². The minimum absolute atomic E-state index is 0.130. The molecule has 0 saturated carbocycles. The molecule has 5 nitrogen and oxygen atoms in total. The van der Waals surface area contributed by atoms with Crippen LogP contribution in [0.15, 0.2) is 12.1 Å². The molecule has 1 aromatic carbocycles. The van der Waals surface area contributed by atoms with Gasteiger partial charge < -0.3 is 19.5 Å². The summed E-state index contributed by atoms with van der Waals surface area (Å²) in [6.07, 6.45) is 1.02. The van der Waals surface area contributed by atoms with Crippen LogP contribution in [0.4, 0.5) is 0 Å². The summed E-state index contributed by atoms with van der Waals surface area (Å²) >= 11 is 0. The molecule has 0 atom stereocenters. The third kappa shape index (κ3) is 3.89. The lowest BCUT2D eigenvalue weighted by atomic mass is 10.1. The van der Waals surface area contributed by atoms with Gasteiger partial charge in [-0.2, -0.15) is 0 Å². The van der Waals surface area contributed by atoms with E-state index in [1.807, 2.05) is 0 Å². The molecule has 106 valence electrons. The van der Waals surface area contributed by atoms with E-state index in [2.05, 4.69) is 5.32 Å². The Morgan fingerprint density at radius 3 is 2.16 bits per heavy atom. The van der Waals surface area contributed by atoms with Gasteiger partial charge in [0.25, 0.3) is 5.91 Å². The van der Waals surface area contributed by atoms with E-state index in [0.29, 0.717) is 29.4 Å². The average molecular weight is 283 g/mol. The van der Waals surface area contributed by atoms with Crippen molar-refractivity contribution in [3.8, 4) is 17.2 Å². The summed E-state index contributed by atoms with van der Waals surface area (Å²) in [5.74, 6) is 1.32. The Morgan fingerprint density at radius 1 is 1.16 bits per heavy atom. The molecule has 1 aromatic rings. The minimum atomic E-state index is -0.130. The molecule has 1 rings (SSSR count). The third-order valence-corrected chi connectivity index (χ3v) is 3.45. The van der Waals surface area contributed by atoms with Crippen molar-refractivity contribution >= 4 is 16.1 Å². The zero-order valence-corrected chi connectivity index (χ0v) is 13.9. The van der Waals surface area contributed by atoms with Crippen molar-refractivity contribution < 1.29 is 19.0 Å². The lowest BCUT2D eigenvalue weighted by Gasteiger charge is -2.14. The van der Waals surface area contributed by atoms with Gasteiger partial charge in [0.1, 0.15) is 0 Å². The summed E-state index contributed by atoms with van der Waals surface area (Å²) in [4.78, 5) is 12.0. The topological polar surface area (TPSA) is 56.8 Å². The summed E-state index contributed by atoms with van der Waals surface area (Å²) in [5, 5.41) is 2.87. The Balaban J connectivity index is 2.98. The van der Waals surface area contributed by atoms with Crippen LogP contribution in [0.25, 0.3) is 0 Å². The highest BCUT2D eigenvalue weighted by atomic mass is 28.1. The molecule has 6 heteroatoms. The van der Waals surface area contributed by atoms with Crippen LogP contribution in [-0.4, -0.2) is 44.0 Å². The van der Waals surface area contributed by atoms with Crippen LogP contribution in [0, 0.1) is 0 Å². The van der Waals surface area contributed by atoms with Crippen LogP contribution in [0.2, 0.25) is 6.04 Å². The Hall–Kier alpha value is -1.69. The molecular weight excluding hydrogens is 262 g/mol. The van der Waals surface area contributed by atoms with Crippen LogP contribution in [0.1, 0.15) is 16.8 Å². The molecule has 19 heavy (non-hydrogen) atoms. The average Bonchev–Trinajstić information content (AvgIpc) is 2.45. The van der Waals surface area contributed by atoms with Crippen LogP contribution in [-0.2, 0) is 0 Å². The Labute approximate surface area is 116 Å². The van der Waals surface area contributed by atoms with E-state index >= 15 is 0 Å². The maximum atomic E-state index is 12.0. The van der Waals surface area contributed by atoms with Gasteiger partial charge in [-0.25, -0.2) is 0 Å². The number of nitrogens with one attached hydrogen (secondary N) is 1. The summed E-state index contributed by atoms with van der Waals surface area (Å²) in [5.41, 5.74) is 0.503. The second-order valence-corrected chi connectivity index (χ2v) is 5.02. The number of benzene rings is 1. The molecule has 0 heterocycles. The number of ether oxygens (including phenoxy) is 3. The summed E-state index contributed by atoms with van der Waals surface area (Å²) in [7, 11) is 5.75. The SMILES string of the molecule is COc1cc(C(=O)NCCC[SiH3])cc(OC)c1OC. The molecule has 0 radical (unpaired) electrons. The zero-order chi connectivity index (χ0) is 14.3. The number of amides is 1. The van der Waals surface area contributed by atoms with Crippen molar-refractivity contribution in [1.82, 2.24) is 5.32 Å². The summed E-state index contributed by atoms with van der Waals surface area (Å²) < 4.78 is 15.6.